The predicted molar refractivity (Wildman–Crippen MR) is 91.7 cm³/mol. The van der Waals surface area contributed by atoms with Crippen LogP contribution in [0.25, 0.3) is 6.08 Å². The zero-order valence-electron chi connectivity index (χ0n) is 13.7. The van der Waals surface area contributed by atoms with Crippen LogP contribution < -0.4 is 15.0 Å². The van der Waals surface area contributed by atoms with Crippen molar-refractivity contribution in [3.63, 3.8) is 0 Å². The van der Waals surface area contributed by atoms with Gasteiger partial charge in [-0.1, -0.05) is 12.1 Å². The summed E-state index contributed by atoms with van der Waals surface area (Å²) in [4.78, 5) is 35.9. The van der Waals surface area contributed by atoms with Crippen LogP contribution in [0.1, 0.15) is 5.76 Å². The highest BCUT2D eigenvalue weighted by Crippen LogP contribution is 2.33. The lowest BCUT2D eigenvalue weighted by atomic mass is 10.1. The third-order valence-electron chi connectivity index (χ3n) is 3.76. The number of hydrogen-bond acceptors (Lipinski definition) is 6. The first-order chi connectivity index (χ1) is 12.5. The van der Waals surface area contributed by atoms with Crippen molar-refractivity contribution in [2.24, 2.45) is 0 Å². The Morgan fingerprint density at radius 1 is 1.31 bits per heavy atom. The summed E-state index contributed by atoms with van der Waals surface area (Å²) in [7, 11) is 1.49. The number of carbonyl (C=O) groups is 2. The van der Waals surface area contributed by atoms with E-state index in [-0.39, 0.29) is 18.2 Å². The van der Waals surface area contributed by atoms with Crippen molar-refractivity contribution in [3.05, 3.63) is 58.3 Å². The van der Waals surface area contributed by atoms with E-state index in [9.17, 15) is 19.7 Å². The average Bonchev–Trinajstić information content (AvgIpc) is 3.14. The molecule has 1 N–H and O–H groups in total. The molecule has 0 unspecified atom stereocenters. The van der Waals surface area contributed by atoms with E-state index in [4.69, 9.17) is 9.15 Å². The average molecular weight is 357 g/mol. The Hall–Kier alpha value is -3.62. The maximum Gasteiger partial charge on any atom is 0.433 e. The molecule has 1 aromatic carbocycles. The number of hydrogen-bond donors (Lipinski definition) is 1. The number of rotatable bonds is 4. The Morgan fingerprint density at radius 2 is 2.08 bits per heavy atom. The fraction of sp³-hybridized carbons (Fsp3) is 0.176. The van der Waals surface area contributed by atoms with Crippen LogP contribution in [0.5, 0.6) is 5.75 Å². The largest absolute Gasteiger partial charge is 0.477 e. The van der Waals surface area contributed by atoms with Gasteiger partial charge in [-0.15, -0.1) is 0 Å². The Morgan fingerprint density at radius 3 is 2.77 bits per heavy atom. The van der Waals surface area contributed by atoms with Gasteiger partial charge in [0.15, 0.2) is 6.10 Å². The van der Waals surface area contributed by atoms with Gasteiger partial charge in [0, 0.05) is 13.1 Å². The van der Waals surface area contributed by atoms with Crippen LogP contribution >= 0.6 is 0 Å². The van der Waals surface area contributed by atoms with Crippen LogP contribution in [0.4, 0.5) is 11.6 Å². The molecule has 1 aliphatic rings. The number of para-hydroxylation sites is 2. The molecule has 0 bridgehead atoms. The summed E-state index contributed by atoms with van der Waals surface area (Å²) < 4.78 is 10.6. The molecule has 2 aromatic rings. The molecule has 0 radical (unpaired) electrons. The predicted octanol–water partition coefficient (Wildman–Crippen LogP) is 1.74. The van der Waals surface area contributed by atoms with Crippen molar-refractivity contribution < 1.29 is 23.7 Å². The zero-order chi connectivity index (χ0) is 18.7. The number of ether oxygens (including phenoxy) is 1. The minimum Gasteiger partial charge on any atom is -0.477 e. The van der Waals surface area contributed by atoms with Gasteiger partial charge < -0.3 is 19.4 Å². The molecule has 1 atom stereocenters. The molecule has 0 spiro atoms. The van der Waals surface area contributed by atoms with Gasteiger partial charge >= 0.3 is 5.88 Å². The second kappa shape index (κ2) is 7.09. The van der Waals surface area contributed by atoms with Gasteiger partial charge in [0.1, 0.15) is 16.4 Å². The molecule has 9 heteroatoms. The third kappa shape index (κ3) is 3.41. The number of furan rings is 1. The molecule has 1 aromatic heterocycles. The van der Waals surface area contributed by atoms with Gasteiger partial charge in [-0.2, -0.15) is 0 Å². The first kappa shape index (κ1) is 17.2. The SMILES string of the molecule is CNC(=O)[C@H]1CN(C(=O)/C=C/c2ccc([N+](=O)[O-])o2)c2ccccc2O1. The molecule has 1 aliphatic heterocycles. The Bertz CT molecular complexity index is 888. The number of nitrogens with one attached hydrogen (secondary N) is 1. The van der Waals surface area contributed by atoms with Crippen LogP contribution in [-0.4, -0.2) is 36.4 Å². The monoisotopic (exact) mass is 357 g/mol. The van der Waals surface area contributed by atoms with Crippen molar-refractivity contribution in [1.82, 2.24) is 5.32 Å². The van der Waals surface area contributed by atoms with Crippen molar-refractivity contribution in [2.75, 3.05) is 18.5 Å². The summed E-state index contributed by atoms with van der Waals surface area (Å²) in [5.41, 5.74) is 0.535. The van der Waals surface area contributed by atoms with Crippen LogP contribution in [0.3, 0.4) is 0 Å². The molecule has 0 aliphatic carbocycles. The van der Waals surface area contributed by atoms with Crippen molar-refractivity contribution in [3.8, 4) is 5.75 Å². The number of carbonyl (C=O) groups excluding carboxylic acids is 2. The van der Waals surface area contributed by atoms with Crippen molar-refractivity contribution in [2.45, 2.75) is 6.10 Å². The number of anilines is 1. The summed E-state index contributed by atoms with van der Waals surface area (Å²) >= 11 is 0. The molecule has 134 valence electrons. The van der Waals surface area contributed by atoms with E-state index in [0.717, 1.165) is 0 Å². The van der Waals surface area contributed by atoms with E-state index in [1.807, 2.05) is 0 Å². The van der Waals surface area contributed by atoms with E-state index in [1.54, 1.807) is 24.3 Å². The fourth-order valence-corrected chi connectivity index (χ4v) is 2.51. The van der Waals surface area contributed by atoms with E-state index in [2.05, 4.69) is 5.32 Å². The van der Waals surface area contributed by atoms with Crippen molar-refractivity contribution >= 4 is 29.5 Å². The van der Waals surface area contributed by atoms with E-state index in [0.29, 0.717) is 11.4 Å². The number of fused-ring (bicyclic) bond motifs is 1. The molecule has 2 amide bonds. The maximum atomic E-state index is 12.6. The minimum atomic E-state index is -0.836. The number of benzene rings is 1. The zero-order valence-corrected chi connectivity index (χ0v) is 13.7. The van der Waals surface area contributed by atoms with E-state index in [1.165, 1.54) is 36.2 Å². The lowest BCUT2D eigenvalue weighted by Gasteiger charge is -2.33. The highest BCUT2D eigenvalue weighted by Gasteiger charge is 2.32. The molecule has 0 saturated carbocycles. The molecular formula is C17H15N3O6. The summed E-state index contributed by atoms with van der Waals surface area (Å²) in [6.07, 6.45) is 1.73. The third-order valence-corrected chi connectivity index (χ3v) is 3.76. The number of likely N-dealkylation sites (N-methyl/N-ethyl adjacent to an activating group) is 1. The summed E-state index contributed by atoms with van der Waals surface area (Å²) in [6, 6.07) is 9.47. The second-order valence-electron chi connectivity index (χ2n) is 5.40. The topological polar surface area (TPSA) is 115 Å². The number of nitro groups is 1. The molecule has 9 nitrogen and oxygen atoms in total. The smallest absolute Gasteiger partial charge is 0.433 e. The Labute approximate surface area is 148 Å². The normalized spacial score (nSPS) is 16.0. The Balaban J connectivity index is 1.83. The first-order valence-electron chi connectivity index (χ1n) is 7.70. The van der Waals surface area contributed by atoms with Crippen LogP contribution in [0.2, 0.25) is 0 Å². The van der Waals surface area contributed by atoms with Crippen molar-refractivity contribution in [1.29, 1.82) is 0 Å². The fourth-order valence-electron chi connectivity index (χ4n) is 2.51. The van der Waals surface area contributed by atoms with Gasteiger partial charge in [0.25, 0.3) is 11.8 Å². The van der Waals surface area contributed by atoms with Crippen LogP contribution in [0.15, 0.2) is 46.9 Å². The lowest BCUT2D eigenvalue weighted by Crippen LogP contribution is -2.49. The highest BCUT2D eigenvalue weighted by molar-refractivity contribution is 6.05. The standard InChI is InChI=1S/C17H15N3O6/c1-18-17(22)14-10-19(12-4-2-3-5-13(12)26-14)15(21)8-6-11-7-9-16(25-11)20(23)24/h2-9,14H,10H2,1H3,(H,18,22)/b8-6+/t14-/m1/s1. The van der Waals surface area contributed by atoms with Gasteiger partial charge in [0.2, 0.25) is 0 Å². The highest BCUT2D eigenvalue weighted by atomic mass is 16.6. The lowest BCUT2D eigenvalue weighted by molar-refractivity contribution is -0.402. The minimum absolute atomic E-state index is 0.0398. The van der Waals surface area contributed by atoms with Gasteiger partial charge in [-0.3, -0.25) is 19.7 Å². The van der Waals surface area contributed by atoms with Crippen LogP contribution in [0, 0.1) is 10.1 Å². The van der Waals surface area contributed by atoms with E-state index < -0.39 is 22.8 Å². The van der Waals surface area contributed by atoms with Crippen LogP contribution in [-0.2, 0) is 9.59 Å². The molecule has 3 rings (SSSR count). The van der Waals surface area contributed by atoms with Gasteiger partial charge in [-0.05, 0) is 24.3 Å². The maximum absolute atomic E-state index is 12.6. The number of nitrogens with zero attached hydrogens (tertiary/aromatic N) is 2. The number of amides is 2. The Kier molecular flexibility index (Phi) is 4.70. The molecule has 2 heterocycles. The summed E-state index contributed by atoms with van der Waals surface area (Å²) in [5.74, 6) is -0.567. The van der Waals surface area contributed by atoms with Gasteiger partial charge in [-0.25, -0.2) is 0 Å². The molecule has 0 fully saturated rings. The summed E-state index contributed by atoms with van der Waals surface area (Å²) in [6.45, 7) is 0.0398. The molecule has 0 saturated heterocycles. The summed E-state index contributed by atoms with van der Waals surface area (Å²) in [5, 5.41) is 13.1. The molecular weight excluding hydrogens is 342 g/mol. The quantitative estimate of drug-likeness (QED) is 0.506. The van der Waals surface area contributed by atoms with Gasteiger partial charge in [0.05, 0.1) is 18.3 Å². The second-order valence-corrected chi connectivity index (χ2v) is 5.40. The van der Waals surface area contributed by atoms with E-state index >= 15 is 0 Å². The molecule has 26 heavy (non-hydrogen) atoms. The first-order valence-corrected chi connectivity index (χ1v) is 7.70.